The van der Waals surface area contributed by atoms with Gasteiger partial charge in [-0.25, -0.2) is 0 Å². The first-order valence-electron chi connectivity index (χ1n) is 8.88. The monoisotopic (exact) mass is 353 g/mol. The molecular formula is C23H19N3O. The fourth-order valence-electron chi connectivity index (χ4n) is 3.07. The highest BCUT2D eigenvalue weighted by molar-refractivity contribution is 6.16. The van der Waals surface area contributed by atoms with Crippen LogP contribution in [-0.4, -0.2) is 16.6 Å². The number of carbonyl (C=O) groups is 1. The molecule has 0 aliphatic carbocycles. The van der Waals surface area contributed by atoms with Crippen LogP contribution in [0.25, 0.3) is 6.08 Å². The summed E-state index contributed by atoms with van der Waals surface area (Å²) >= 11 is 0. The Morgan fingerprint density at radius 2 is 1.63 bits per heavy atom. The number of pyridine rings is 1. The third-order valence-corrected chi connectivity index (χ3v) is 4.43. The third-order valence-electron chi connectivity index (χ3n) is 4.43. The van der Waals surface area contributed by atoms with Crippen LogP contribution < -0.4 is 4.90 Å². The van der Waals surface area contributed by atoms with Crippen molar-refractivity contribution in [2.75, 3.05) is 4.90 Å². The summed E-state index contributed by atoms with van der Waals surface area (Å²) in [6.45, 7) is 0.535. The largest absolute Gasteiger partial charge is 0.306 e. The second kappa shape index (κ2) is 7.79. The number of fused-ring (bicyclic) bond motifs is 1. The number of hydrogen-bond donors (Lipinski definition) is 0. The van der Waals surface area contributed by atoms with Crippen LogP contribution in [0.5, 0.6) is 0 Å². The van der Waals surface area contributed by atoms with Crippen molar-refractivity contribution in [3.8, 4) is 0 Å². The van der Waals surface area contributed by atoms with Crippen LogP contribution in [0.15, 0.2) is 90.2 Å². The summed E-state index contributed by atoms with van der Waals surface area (Å²) in [6, 6.07) is 21.7. The van der Waals surface area contributed by atoms with E-state index in [-0.39, 0.29) is 12.3 Å². The van der Waals surface area contributed by atoms with Crippen LogP contribution >= 0.6 is 0 Å². The minimum Gasteiger partial charge on any atom is -0.306 e. The number of anilines is 1. The quantitative estimate of drug-likeness (QED) is 0.676. The number of para-hydroxylation sites is 2. The molecule has 0 spiro atoms. The number of amides is 1. The maximum atomic E-state index is 13.0. The van der Waals surface area contributed by atoms with Crippen LogP contribution in [0, 0.1) is 0 Å². The fraction of sp³-hybridized carbons (Fsp3) is 0.0870. The molecular weight excluding hydrogens is 334 g/mol. The van der Waals surface area contributed by atoms with Crippen LogP contribution in [0.2, 0.25) is 0 Å². The lowest BCUT2D eigenvalue weighted by Crippen LogP contribution is -2.30. The van der Waals surface area contributed by atoms with Gasteiger partial charge in [0.1, 0.15) is 0 Å². The molecule has 1 aromatic heterocycles. The van der Waals surface area contributed by atoms with E-state index in [1.165, 1.54) is 0 Å². The Hall–Kier alpha value is -3.53. The number of allylic oxidation sites excluding steroid dienone is 1. The highest BCUT2D eigenvalue weighted by Gasteiger charge is 2.23. The van der Waals surface area contributed by atoms with Gasteiger partial charge in [-0.1, -0.05) is 48.5 Å². The Labute approximate surface area is 158 Å². The van der Waals surface area contributed by atoms with Gasteiger partial charge in [0, 0.05) is 12.4 Å². The molecule has 0 saturated heterocycles. The molecule has 0 fully saturated rings. The molecule has 1 aliphatic heterocycles. The lowest BCUT2D eigenvalue weighted by Gasteiger charge is -2.22. The van der Waals surface area contributed by atoms with Gasteiger partial charge in [0.05, 0.1) is 30.1 Å². The average Bonchev–Trinajstić information content (AvgIpc) is 2.85. The van der Waals surface area contributed by atoms with Gasteiger partial charge in [0.15, 0.2) is 0 Å². The second-order valence-corrected chi connectivity index (χ2v) is 6.35. The van der Waals surface area contributed by atoms with Gasteiger partial charge >= 0.3 is 0 Å². The minimum absolute atomic E-state index is 0.0435. The second-order valence-electron chi connectivity index (χ2n) is 6.35. The molecule has 1 aliphatic rings. The number of hydrogen-bond acceptors (Lipinski definition) is 3. The van der Waals surface area contributed by atoms with Crippen LogP contribution in [0.3, 0.4) is 0 Å². The van der Waals surface area contributed by atoms with Crippen molar-refractivity contribution < 1.29 is 4.79 Å². The molecule has 0 bridgehead atoms. The fourth-order valence-corrected chi connectivity index (χ4v) is 3.07. The van der Waals surface area contributed by atoms with E-state index in [1.54, 1.807) is 12.4 Å². The predicted octanol–water partition coefficient (Wildman–Crippen LogP) is 4.80. The van der Waals surface area contributed by atoms with E-state index < -0.39 is 0 Å². The Morgan fingerprint density at radius 3 is 2.44 bits per heavy atom. The SMILES string of the molecule is O=C1CC(C=Cc2ccncc2)=Nc2ccccc2N1Cc1ccccc1. The summed E-state index contributed by atoms with van der Waals surface area (Å²) in [5.74, 6) is 0.0435. The summed E-state index contributed by atoms with van der Waals surface area (Å²) in [6.07, 6.45) is 7.63. The van der Waals surface area contributed by atoms with Crippen molar-refractivity contribution in [2.45, 2.75) is 13.0 Å². The Bertz CT molecular complexity index is 994. The topological polar surface area (TPSA) is 45.6 Å². The number of nitrogens with zero attached hydrogens (tertiary/aromatic N) is 3. The predicted molar refractivity (Wildman–Crippen MR) is 109 cm³/mol. The maximum Gasteiger partial charge on any atom is 0.233 e. The molecule has 4 heteroatoms. The van der Waals surface area contributed by atoms with Crippen molar-refractivity contribution in [3.05, 3.63) is 96.3 Å². The zero-order valence-corrected chi connectivity index (χ0v) is 14.8. The van der Waals surface area contributed by atoms with E-state index in [0.29, 0.717) is 6.54 Å². The van der Waals surface area contributed by atoms with E-state index in [9.17, 15) is 4.79 Å². The summed E-state index contributed by atoms with van der Waals surface area (Å²) < 4.78 is 0. The number of carbonyl (C=O) groups excluding carboxylic acids is 1. The van der Waals surface area contributed by atoms with E-state index in [0.717, 1.165) is 28.2 Å². The summed E-state index contributed by atoms with van der Waals surface area (Å²) in [5, 5.41) is 0. The molecule has 132 valence electrons. The van der Waals surface area contributed by atoms with Crippen molar-refractivity contribution in [1.82, 2.24) is 4.98 Å². The first-order valence-corrected chi connectivity index (χ1v) is 8.88. The van der Waals surface area contributed by atoms with E-state index in [4.69, 9.17) is 4.99 Å². The van der Waals surface area contributed by atoms with Gasteiger partial charge in [0.2, 0.25) is 5.91 Å². The molecule has 0 radical (unpaired) electrons. The molecule has 2 heterocycles. The highest BCUT2D eigenvalue weighted by atomic mass is 16.2. The van der Waals surface area contributed by atoms with Crippen LogP contribution in [0.4, 0.5) is 11.4 Å². The molecule has 4 rings (SSSR count). The van der Waals surface area contributed by atoms with Crippen molar-refractivity contribution in [1.29, 1.82) is 0 Å². The molecule has 0 atom stereocenters. The smallest absolute Gasteiger partial charge is 0.233 e. The summed E-state index contributed by atoms with van der Waals surface area (Å²) in [4.78, 5) is 23.6. The standard InChI is InChI=1S/C23H19N3O/c27-23-16-20(11-10-18-12-14-24-15-13-18)25-21-8-4-5-9-22(21)26(23)17-19-6-2-1-3-7-19/h1-15H,16-17H2. The van der Waals surface area contributed by atoms with Gasteiger partial charge in [-0.3, -0.25) is 14.8 Å². The molecule has 4 nitrogen and oxygen atoms in total. The molecule has 3 aromatic rings. The first-order chi connectivity index (χ1) is 13.3. The molecule has 2 aromatic carbocycles. The Kier molecular flexibility index (Phi) is 4.88. The number of aliphatic imine (C=N–C) groups is 1. The lowest BCUT2D eigenvalue weighted by molar-refractivity contribution is -0.117. The van der Waals surface area contributed by atoms with Gasteiger partial charge in [0.25, 0.3) is 0 Å². The van der Waals surface area contributed by atoms with Crippen molar-refractivity contribution in [2.24, 2.45) is 4.99 Å². The molecule has 0 N–H and O–H groups in total. The van der Waals surface area contributed by atoms with Crippen molar-refractivity contribution >= 4 is 29.1 Å². The number of aromatic nitrogens is 1. The minimum atomic E-state index is 0.0435. The maximum absolute atomic E-state index is 13.0. The van der Waals surface area contributed by atoms with E-state index >= 15 is 0 Å². The van der Waals surface area contributed by atoms with E-state index in [1.807, 2.05) is 83.8 Å². The zero-order valence-electron chi connectivity index (χ0n) is 14.8. The average molecular weight is 353 g/mol. The van der Waals surface area contributed by atoms with Gasteiger partial charge in [-0.05, 0) is 41.5 Å². The highest BCUT2D eigenvalue weighted by Crippen LogP contribution is 2.33. The summed E-state index contributed by atoms with van der Waals surface area (Å²) in [5.41, 5.74) is 4.53. The Morgan fingerprint density at radius 1 is 0.889 bits per heavy atom. The van der Waals surface area contributed by atoms with E-state index in [2.05, 4.69) is 4.98 Å². The van der Waals surface area contributed by atoms with Crippen molar-refractivity contribution in [3.63, 3.8) is 0 Å². The molecule has 0 saturated carbocycles. The normalized spacial score (nSPS) is 14.0. The molecule has 27 heavy (non-hydrogen) atoms. The van der Waals surface area contributed by atoms with Gasteiger partial charge < -0.3 is 4.90 Å². The molecule has 1 amide bonds. The first kappa shape index (κ1) is 16.9. The van der Waals surface area contributed by atoms with Crippen LogP contribution in [0.1, 0.15) is 17.5 Å². The van der Waals surface area contributed by atoms with Gasteiger partial charge in [-0.2, -0.15) is 0 Å². The summed E-state index contributed by atoms with van der Waals surface area (Å²) in [7, 11) is 0. The number of rotatable bonds is 4. The number of benzene rings is 2. The molecule has 0 unspecified atom stereocenters. The Balaban J connectivity index is 1.65. The third kappa shape index (κ3) is 4.01. The van der Waals surface area contributed by atoms with Gasteiger partial charge in [-0.15, -0.1) is 0 Å². The zero-order chi connectivity index (χ0) is 18.5. The lowest BCUT2D eigenvalue weighted by atomic mass is 10.1. The van der Waals surface area contributed by atoms with Crippen LogP contribution in [-0.2, 0) is 11.3 Å².